The van der Waals surface area contributed by atoms with Gasteiger partial charge in [0.2, 0.25) is 0 Å². The van der Waals surface area contributed by atoms with E-state index in [1.54, 1.807) is 36.4 Å². The lowest BCUT2D eigenvalue weighted by Gasteiger charge is -2.14. The molecule has 2 N–H and O–H groups in total. The first kappa shape index (κ1) is 14.0. The van der Waals surface area contributed by atoms with Gasteiger partial charge in [0.05, 0.1) is 5.02 Å². The Morgan fingerprint density at radius 2 is 1.84 bits per heavy atom. The van der Waals surface area contributed by atoms with Crippen molar-refractivity contribution >= 4 is 23.2 Å². The lowest BCUT2D eigenvalue weighted by molar-refractivity contribution is 0.106. The van der Waals surface area contributed by atoms with Gasteiger partial charge in [-0.1, -0.05) is 41.4 Å². The fourth-order valence-electron chi connectivity index (χ4n) is 1.62. The second kappa shape index (κ2) is 6.15. The van der Waals surface area contributed by atoms with Gasteiger partial charge in [-0.3, -0.25) is 0 Å². The Bertz CT molecular complexity index is 572. The van der Waals surface area contributed by atoms with E-state index in [0.717, 1.165) is 0 Å². The fraction of sp³-hybridized carbons (Fsp3) is 0.143. The van der Waals surface area contributed by atoms with Crippen LogP contribution < -0.4 is 4.74 Å². The van der Waals surface area contributed by atoms with Crippen LogP contribution in [0.15, 0.2) is 42.5 Å². The van der Waals surface area contributed by atoms with Crippen LogP contribution in [0.3, 0.4) is 0 Å². The van der Waals surface area contributed by atoms with Crippen LogP contribution in [0, 0.1) is 0 Å². The monoisotopic (exact) mass is 298 g/mol. The second-order valence-electron chi connectivity index (χ2n) is 3.96. The molecule has 2 rings (SSSR count). The van der Waals surface area contributed by atoms with E-state index in [2.05, 4.69) is 0 Å². The van der Waals surface area contributed by atoms with E-state index in [4.69, 9.17) is 27.9 Å². The highest BCUT2D eigenvalue weighted by Crippen LogP contribution is 2.29. The summed E-state index contributed by atoms with van der Waals surface area (Å²) in [5.74, 6) is 0.460. The summed E-state index contributed by atoms with van der Waals surface area (Å²) in [7, 11) is 0. The van der Waals surface area contributed by atoms with Gasteiger partial charge >= 0.3 is 0 Å². The summed E-state index contributed by atoms with van der Waals surface area (Å²) in [5.41, 5.74) is 0.410. The van der Waals surface area contributed by atoms with Gasteiger partial charge in [-0.2, -0.15) is 0 Å². The molecule has 5 heteroatoms. The van der Waals surface area contributed by atoms with Crippen molar-refractivity contribution in [2.24, 2.45) is 0 Å². The van der Waals surface area contributed by atoms with Crippen LogP contribution in [0.1, 0.15) is 11.7 Å². The van der Waals surface area contributed by atoms with Gasteiger partial charge in [0.1, 0.15) is 24.2 Å². The SMILES string of the molecule is Oc1ccccc1C(O)COc1ccc(Cl)cc1Cl. The first-order chi connectivity index (χ1) is 9.08. The molecule has 0 bridgehead atoms. The molecule has 0 heterocycles. The highest BCUT2D eigenvalue weighted by atomic mass is 35.5. The van der Waals surface area contributed by atoms with Crippen molar-refractivity contribution in [3.05, 3.63) is 58.1 Å². The van der Waals surface area contributed by atoms with Crippen LogP contribution in [0.5, 0.6) is 11.5 Å². The number of hydrogen-bond acceptors (Lipinski definition) is 3. The number of phenols is 1. The summed E-state index contributed by atoms with van der Waals surface area (Å²) >= 11 is 11.7. The average molecular weight is 299 g/mol. The number of benzene rings is 2. The highest BCUT2D eigenvalue weighted by molar-refractivity contribution is 6.35. The lowest BCUT2D eigenvalue weighted by atomic mass is 10.1. The number of aromatic hydroxyl groups is 1. The Balaban J connectivity index is 2.04. The quantitative estimate of drug-likeness (QED) is 0.902. The predicted molar refractivity (Wildman–Crippen MR) is 75.0 cm³/mol. The van der Waals surface area contributed by atoms with Gasteiger partial charge in [-0.25, -0.2) is 0 Å². The van der Waals surface area contributed by atoms with Crippen molar-refractivity contribution in [1.82, 2.24) is 0 Å². The summed E-state index contributed by atoms with van der Waals surface area (Å²) in [6.45, 7) is -0.0150. The molecular weight excluding hydrogens is 287 g/mol. The van der Waals surface area contributed by atoms with Crippen LogP contribution >= 0.6 is 23.2 Å². The Hall–Kier alpha value is -1.42. The van der Waals surface area contributed by atoms with Gasteiger partial charge < -0.3 is 14.9 Å². The molecule has 0 saturated heterocycles. The number of halogens is 2. The largest absolute Gasteiger partial charge is 0.508 e. The molecule has 0 amide bonds. The molecule has 0 aliphatic carbocycles. The molecule has 19 heavy (non-hydrogen) atoms. The maximum absolute atomic E-state index is 9.95. The Kier molecular flexibility index (Phi) is 4.53. The van der Waals surface area contributed by atoms with E-state index in [1.807, 2.05) is 0 Å². The molecule has 0 aliphatic heterocycles. The van der Waals surface area contributed by atoms with Crippen LogP contribution in [-0.4, -0.2) is 16.8 Å². The second-order valence-corrected chi connectivity index (χ2v) is 4.80. The molecule has 100 valence electrons. The molecule has 0 saturated carbocycles. The minimum Gasteiger partial charge on any atom is -0.508 e. The minimum atomic E-state index is -0.937. The average Bonchev–Trinajstić information content (AvgIpc) is 2.38. The van der Waals surface area contributed by atoms with Crippen LogP contribution in [0.4, 0.5) is 0 Å². The van der Waals surface area contributed by atoms with Crippen molar-refractivity contribution in [2.75, 3.05) is 6.61 Å². The molecule has 3 nitrogen and oxygen atoms in total. The third kappa shape index (κ3) is 3.53. The maximum atomic E-state index is 9.95. The molecule has 1 unspecified atom stereocenters. The van der Waals surface area contributed by atoms with E-state index < -0.39 is 6.10 Å². The normalized spacial score (nSPS) is 12.2. The molecule has 0 aliphatic rings. The maximum Gasteiger partial charge on any atom is 0.138 e. The van der Waals surface area contributed by atoms with Crippen molar-refractivity contribution in [3.8, 4) is 11.5 Å². The van der Waals surface area contributed by atoms with Gasteiger partial charge in [-0.05, 0) is 24.3 Å². The van der Waals surface area contributed by atoms with Gasteiger partial charge in [0.15, 0.2) is 0 Å². The van der Waals surface area contributed by atoms with Crippen molar-refractivity contribution in [2.45, 2.75) is 6.10 Å². The van der Waals surface area contributed by atoms with E-state index >= 15 is 0 Å². The minimum absolute atomic E-state index is 0.0150. The van der Waals surface area contributed by atoms with Gasteiger partial charge in [0, 0.05) is 10.6 Å². The number of para-hydroxylation sites is 1. The summed E-state index contributed by atoms with van der Waals surface area (Å²) in [5, 5.41) is 20.4. The number of ether oxygens (including phenoxy) is 1. The van der Waals surface area contributed by atoms with Crippen LogP contribution in [-0.2, 0) is 0 Å². The first-order valence-electron chi connectivity index (χ1n) is 5.61. The number of rotatable bonds is 4. The fourth-order valence-corrected chi connectivity index (χ4v) is 2.08. The van der Waals surface area contributed by atoms with E-state index in [1.165, 1.54) is 6.07 Å². The summed E-state index contributed by atoms with van der Waals surface area (Å²) in [6.07, 6.45) is -0.937. The zero-order valence-corrected chi connectivity index (χ0v) is 11.4. The van der Waals surface area contributed by atoms with Crippen molar-refractivity contribution in [3.63, 3.8) is 0 Å². The number of phenolic OH excluding ortho intramolecular Hbond substituents is 1. The number of aliphatic hydroxyl groups is 1. The Labute approximate surface area is 121 Å². The van der Waals surface area contributed by atoms with Crippen molar-refractivity contribution < 1.29 is 14.9 Å². The summed E-state index contributed by atoms with van der Waals surface area (Å²) in [4.78, 5) is 0. The molecule has 0 fully saturated rings. The molecular formula is C14H12Cl2O3. The smallest absolute Gasteiger partial charge is 0.138 e. The van der Waals surface area contributed by atoms with Gasteiger partial charge in [0.25, 0.3) is 0 Å². The topological polar surface area (TPSA) is 49.7 Å². The zero-order valence-electron chi connectivity index (χ0n) is 9.88. The van der Waals surface area contributed by atoms with E-state index in [-0.39, 0.29) is 12.4 Å². The highest BCUT2D eigenvalue weighted by Gasteiger charge is 2.13. The Morgan fingerprint density at radius 3 is 2.53 bits per heavy atom. The third-order valence-electron chi connectivity index (χ3n) is 2.59. The molecule has 0 spiro atoms. The van der Waals surface area contributed by atoms with E-state index in [0.29, 0.717) is 21.4 Å². The first-order valence-corrected chi connectivity index (χ1v) is 6.37. The van der Waals surface area contributed by atoms with Crippen LogP contribution in [0.2, 0.25) is 10.0 Å². The van der Waals surface area contributed by atoms with E-state index in [9.17, 15) is 10.2 Å². The van der Waals surface area contributed by atoms with Gasteiger partial charge in [-0.15, -0.1) is 0 Å². The number of hydrogen-bond donors (Lipinski definition) is 2. The molecule has 2 aromatic rings. The van der Waals surface area contributed by atoms with Crippen molar-refractivity contribution in [1.29, 1.82) is 0 Å². The third-order valence-corrected chi connectivity index (χ3v) is 3.12. The summed E-state index contributed by atoms with van der Waals surface area (Å²) < 4.78 is 5.41. The number of aliphatic hydroxyl groups excluding tert-OH is 1. The molecule has 2 aromatic carbocycles. The predicted octanol–water partition coefficient (Wildman–Crippen LogP) is 3.81. The zero-order chi connectivity index (χ0) is 13.8. The Morgan fingerprint density at radius 1 is 1.11 bits per heavy atom. The summed E-state index contributed by atoms with van der Waals surface area (Å²) in [6, 6.07) is 11.4. The molecule has 0 radical (unpaired) electrons. The standard InChI is InChI=1S/C14H12Cl2O3/c15-9-5-6-14(11(16)7-9)19-8-13(18)10-3-1-2-4-12(10)17/h1-7,13,17-18H,8H2. The molecule has 1 atom stereocenters. The lowest BCUT2D eigenvalue weighted by Crippen LogP contribution is -2.10. The molecule has 0 aromatic heterocycles. The van der Waals surface area contributed by atoms with Crippen LogP contribution in [0.25, 0.3) is 0 Å².